The molecule has 1 aromatic carbocycles. The topological polar surface area (TPSA) is 69.6 Å². The van der Waals surface area contributed by atoms with Gasteiger partial charge >= 0.3 is 12.2 Å². The molecular formula is C22H15BrF3N5O2. The molecule has 7 nitrogen and oxygen atoms in total. The zero-order chi connectivity index (χ0) is 23.3. The van der Waals surface area contributed by atoms with Gasteiger partial charge in [-0.3, -0.25) is 19.7 Å². The number of hydrogen-bond donors (Lipinski definition) is 0. The van der Waals surface area contributed by atoms with Gasteiger partial charge in [-0.2, -0.15) is 13.2 Å². The van der Waals surface area contributed by atoms with Crippen LogP contribution < -0.4 is 14.7 Å². The number of benzene rings is 1. The van der Waals surface area contributed by atoms with Gasteiger partial charge in [0.2, 0.25) is 0 Å². The summed E-state index contributed by atoms with van der Waals surface area (Å²) in [7, 11) is 0. The molecule has 0 N–H and O–H groups in total. The van der Waals surface area contributed by atoms with Crippen LogP contribution in [0.15, 0.2) is 59.6 Å². The van der Waals surface area contributed by atoms with Gasteiger partial charge in [0.05, 0.1) is 28.8 Å². The molecule has 168 valence electrons. The quantitative estimate of drug-likeness (QED) is 0.461. The Morgan fingerprint density at radius 2 is 1.73 bits per heavy atom. The molecule has 0 atom stereocenters. The minimum atomic E-state index is -4.61. The molecule has 0 saturated carbocycles. The van der Waals surface area contributed by atoms with Gasteiger partial charge in [-0.1, -0.05) is 0 Å². The van der Waals surface area contributed by atoms with Crippen molar-refractivity contribution in [1.29, 1.82) is 0 Å². The van der Waals surface area contributed by atoms with E-state index in [1.54, 1.807) is 24.4 Å². The van der Waals surface area contributed by atoms with Gasteiger partial charge in [-0.15, -0.1) is 0 Å². The Balaban J connectivity index is 1.43. The van der Waals surface area contributed by atoms with E-state index in [4.69, 9.17) is 0 Å². The fraction of sp³-hybridized carbons (Fsp3) is 0.182. The van der Waals surface area contributed by atoms with Crippen LogP contribution in [0.25, 0.3) is 0 Å². The zero-order valence-corrected chi connectivity index (χ0v) is 18.5. The highest BCUT2D eigenvalue weighted by molar-refractivity contribution is 9.10. The van der Waals surface area contributed by atoms with Crippen LogP contribution in [0.2, 0.25) is 0 Å². The average Bonchev–Trinajstić information content (AvgIpc) is 3.34. The predicted molar refractivity (Wildman–Crippen MR) is 119 cm³/mol. The Morgan fingerprint density at radius 1 is 0.909 bits per heavy atom. The number of amides is 3. The molecular weight excluding hydrogens is 503 g/mol. The molecule has 3 amide bonds. The highest BCUT2D eigenvalue weighted by atomic mass is 79.9. The molecule has 0 radical (unpaired) electrons. The van der Waals surface area contributed by atoms with Crippen molar-refractivity contribution in [2.75, 3.05) is 27.8 Å². The van der Waals surface area contributed by atoms with Crippen LogP contribution in [0.1, 0.15) is 11.1 Å². The van der Waals surface area contributed by atoms with Gasteiger partial charge in [-0.25, -0.2) is 9.69 Å². The Bertz CT molecular complexity index is 1280. The molecule has 1 saturated heterocycles. The van der Waals surface area contributed by atoms with E-state index in [1.807, 2.05) is 12.3 Å². The van der Waals surface area contributed by atoms with E-state index in [9.17, 15) is 22.8 Å². The number of carbonyl (C=O) groups is 2. The lowest BCUT2D eigenvalue weighted by molar-refractivity contribution is -0.137. The first kappa shape index (κ1) is 21.4. The molecule has 33 heavy (non-hydrogen) atoms. The largest absolute Gasteiger partial charge is 0.417 e. The molecule has 0 spiro atoms. The molecule has 5 rings (SSSR count). The van der Waals surface area contributed by atoms with Gasteiger partial charge in [0.1, 0.15) is 6.54 Å². The summed E-state index contributed by atoms with van der Waals surface area (Å²) in [6, 6.07) is 7.08. The third kappa shape index (κ3) is 3.71. The van der Waals surface area contributed by atoms with Crippen molar-refractivity contribution in [3.8, 4) is 0 Å². The number of pyridine rings is 2. The van der Waals surface area contributed by atoms with Crippen LogP contribution in [0.4, 0.5) is 40.7 Å². The second kappa shape index (κ2) is 7.84. The van der Waals surface area contributed by atoms with Gasteiger partial charge < -0.3 is 4.90 Å². The SMILES string of the molecule is O=C1CN(c2cncc(C(F)(F)F)c2)C(=O)N1c1ccc(N2CCc3cnccc32)c(Br)c1. The van der Waals surface area contributed by atoms with E-state index in [-0.39, 0.29) is 12.2 Å². The van der Waals surface area contributed by atoms with E-state index < -0.39 is 23.7 Å². The van der Waals surface area contributed by atoms with Crippen LogP contribution in [-0.2, 0) is 17.4 Å². The Kier molecular flexibility index (Phi) is 5.08. The molecule has 0 unspecified atom stereocenters. The van der Waals surface area contributed by atoms with Crippen LogP contribution >= 0.6 is 15.9 Å². The first-order chi connectivity index (χ1) is 15.7. The lowest BCUT2D eigenvalue weighted by Crippen LogP contribution is -2.33. The Labute approximate surface area is 194 Å². The number of aromatic nitrogens is 2. The highest BCUT2D eigenvalue weighted by Crippen LogP contribution is 2.40. The van der Waals surface area contributed by atoms with Gasteiger partial charge in [0.25, 0.3) is 5.91 Å². The van der Waals surface area contributed by atoms with E-state index in [0.29, 0.717) is 16.4 Å². The monoisotopic (exact) mass is 517 g/mol. The Morgan fingerprint density at radius 3 is 2.48 bits per heavy atom. The number of rotatable bonds is 3. The first-order valence-corrected chi connectivity index (χ1v) is 10.7. The molecule has 11 heteroatoms. The third-order valence-electron chi connectivity index (χ3n) is 5.58. The summed E-state index contributed by atoms with van der Waals surface area (Å²) in [5.41, 5.74) is 2.26. The van der Waals surface area contributed by atoms with Crippen molar-refractivity contribution in [1.82, 2.24) is 9.97 Å². The molecule has 0 aliphatic carbocycles. The van der Waals surface area contributed by atoms with Crippen molar-refractivity contribution in [2.24, 2.45) is 0 Å². The first-order valence-electron chi connectivity index (χ1n) is 9.91. The number of alkyl halides is 3. The summed E-state index contributed by atoms with van der Waals surface area (Å²) in [4.78, 5) is 37.4. The molecule has 4 heterocycles. The van der Waals surface area contributed by atoms with Crippen LogP contribution in [-0.4, -0.2) is 35.0 Å². The third-order valence-corrected chi connectivity index (χ3v) is 6.22. The molecule has 2 aliphatic rings. The number of nitrogens with zero attached hydrogens (tertiary/aromatic N) is 5. The standard InChI is InChI=1S/C22H15BrF3N5O2/c23-17-8-15(1-2-19(17)29-6-4-13-9-27-5-3-18(13)29)31-20(32)12-30(21(31)33)16-7-14(10-28-11-16)22(24,25)26/h1-3,5,7-11H,4,6,12H2. The maximum absolute atomic E-state index is 13.0. The minimum Gasteiger partial charge on any atom is -0.340 e. The summed E-state index contributed by atoms with van der Waals surface area (Å²) in [5.74, 6) is -0.547. The van der Waals surface area contributed by atoms with Crippen LogP contribution in [0, 0.1) is 0 Å². The zero-order valence-electron chi connectivity index (χ0n) is 16.9. The molecule has 2 aromatic heterocycles. The second-order valence-electron chi connectivity index (χ2n) is 7.57. The number of carbonyl (C=O) groups excluding carboxylic acids is 2. The lowest BCUT2D eigenvalue weighted by Gasteiger charge is -2.23. The summed E-state index contributed by atoms with van der Waals surface area (Å²) in [6.07, 6.45) is 1.59. The predicted octanol–water partition coefficient (Wildman–Crippen LogP) is 4.93. The number of imide groups is 1. The van der Waals surface area contributed by atoms with Crippen molar-refractivity contribution in [3.63, 3.8) is 0 Å². The van der Waals surface area contributed by atoms with Crippen LogP contribution in [0.3, 0.4) is 0 Å². The Hall–Kier alpha value is -3.47. The van der Waals surface area contributed by atoms with Crippen molar-refractivity contribution < 1.29 is 22.8 Å². The van der Waals surface area contributed by atoms with E-state index in [0.717, 1.165) is 52.0 Å². The van der Waals surface area contributed by atoms with E-state index >= 15 is 0 Å². The molecule has 0 bridgehead atoms. The summed E-state index contributed by atoms with van der Waals surface area (Å²) < 4.78 is 39.8. The summed E-state index contributed by atoms with van der Waals surface area (Å²) in [5, 5.41) is 0. The molecule has 3 aromatic rings. The fourth-order valence-electron chi connectivity index (χ4n) is 4.02. The van der Waals surface area contributed by atoms with Crippen LogP contribution in [0.5, 0.6) is 0 Å². The number of anilines is 4. The number of hydrogen-bond acceptors (Lipinski definition) is 5. The van der Waals surface area contributed by atoms with Gasteiger partial charge in [-0.05, 0) is 58.2 Å². The maximum Gasteiger partial charge on any atom is 0.417 e. The molecule has 1 fully saturated rings. The highest BCUT2D eigenvalue weighted by Gasteiger charge is 2.40. The van der Waals surface area contributed by atoms with Crippen molar-refractivity contribution in [3.05, 3.63) is 70.7 Å². The normalized spacial score (nSPS) is 16.1. The summed E-state index contributed by atoms with van der Waals surface area (Å²) in [6.45, 7) is 0.380. The minimum absolute atomic E-state index is 0.0938. The van der Waals surface area contributed by atoms with Gasteiger partial charge in [0, 0.05) is 35.3 Å². The number of urea groups is 1. The number of halogens is 4. The van der Waals surface area contributed by atoms with Gasteiger partial charge in [0.15, 0.2) is 0 Å². The maximum atomic E-state index is 13.0. The fourth-order valence-corrected chi connectivity index (χ4v) is 4.60. The van der Waals surface area contributed by atoms with Crippen molar-refractivity contribution in [2.45, 2.75) is 12.6 Å². The lowest BCUT2D eigenvalue weighted by atomic mass is 10.2. The average molecular weight is 518 g/mol. The number of fused-ring (bicyclic) bond motifs is 1. The van der Waals surface area contributed by atoms with E-state index in [2.05, 4.69) is 30.8 Å². The van der Waals surface area contributed by atoms with E-state index in [1.165, 1.54) is 0 Å². The summed E-state index contributed by atoms with van der Waals surface area (Å²) >= 11 is 3.53. The smallest absolute Gasteiger partial charge is 0.340 e. The second-order valence-corrected chi connectivity index (χ2v) is 8.42. The van der Waals surface area contributed by atoms with Crippen molar-refractivity contribution >= 4 is 50.6 Å². The molecule has 2 aliphatic heterocycles.